The normalized spacial score (nSPS) is 25.7. The van der Waals surface area contributed by atoms with Crippen LogP contribution in [-0.2, 0) is 18.4 Å². The van der Waals surface area contributed by atoms with Crippen molar-refractivity contribution in [3.8, 4) is 17.3 Å². The van der Waals surface area contributed by atoms with Gasteiger partial charge in [0.05, 0.1) is 30.1 Å². The van der Waals surface area contributed by atoms with Crippen molar-refractivity contribution in [1.29, 1.82) is 0 Å². The molecule has 2 bridgehead atoms. The van der Waals surface area contributed by atoms with Crippen LogP contribution in [0, 0.1) is 11.8 Å². The molecule has 12 heteroatoms. The van der Waals surface area contributed by atoms with E-state index in [1.807, 2.05) is 34.7 Å². The van der Waals surface area contributed by atoms with Crippen LogP contribution in [0.5, 0.6) is 5.75 Å². The van der Waals surface area contributed by atoms with E-state index in [1.165, 1.54) is 0 Å². The van der Waals surface area contributed by atoms with Gasteiger partial charge in [-0.1, -0.05) is 0 Å². The second-order valence-corrected chi connectivity index (χ2v) is 13.4. The first-order valence-corrected chi connectivity index (χ1v) is 15.9. The summed E-state index contributed by atoms with van der Waals surface area (Å²) in [5.74, 6) is -3.04. The topological polar surface area (TPSA) is 120 Å². The second-order valence-electron chi connectivity index (χ2n) is 13.4. The van der Waals surface area contributed by atoms with Crippen LogP contribution in [-0.4, -0.2) is 67.0 Å². The number of nitrogens with one attached hydrogen (secondary N) is 1. The van der Waals surface area contributed by atoms with E-state index in [1.54, 1.807) is 20.1 Å². The van der Waals surface area contributed by atoms with E-state index in [4.69, 9.17) is 20.4 Å². The van der Waals surface area contributed by atoms with Crippen LogP contribution in [0.3, 0.4) is 0 Å². The lowest BCUT2D eigenvalue weighted by Gasteiger charge is -2.23. The molecule has 4 aliphatic rings. The first-order valence-electron chi connectivity index (χ1n) is 15.9. The summed E-state index contributed by atoms with van der Waals surface area (Å²) in [4.78, 5) is 38.1. The van der Waals surface area contributed by atoms with Gasteiger partial charge in [-0.15, -0.1) is 0 Å². The summed E-state index contributed by atoms with van der Waals surface area (Å²) in [6.45, 7) is 2.52. The predicted molar refractivity (Wildman–Crippen MR) is 164 cm³/mol. The van der Waals surface area contributed by atoms with Crippen LogP contribution >= 0.6 is 0 Å². The third kappa shape index (κ3) is 4.59. The molecule has 2 aliphatic heterocycles. The number of nitrogens with zero attached hydrogens (tertiary/aromatic N) is 5. The standard InChI is InChI=1S/C33H37F2N7O3/c1-16(37-31(43)21-14-33(21,34)35)23-8-6-18-11-26(41(29(18)38-23)15-17-4-5-17)30-39-24-10-19(12-27(45-3)28(24)40(30)2)32(44)42-20-7-9-25(42)22(36)13-20/h6,8,10-12,16-17,20-22,25H,4-5,7,9,13-15,36H2,1-3H3,(H,37,43)/t16-,20+,21?,22-,25-/m1/s1. The minimum Gasteiger partial charge on any atom is -0.494 e. The van der Waals surface area contributed by atoms with Gasteiger partial charge in [-0.2, -0.15) is 0 Å². The van der Waals surface area contributed by atoms with Gasteiger partial charge in [0.2, 0.25) is 5.91 Å². The summed E-state index contributed by atoms with van der Waals surface area (Å²) in [5.41, 5.74) is 10.6. The third-order valence-corrected chi connectivity index (χ3v) is 10.3. The molecular weight excluding hydrogens is 580 g/mol. The molecule has 0 spiro atoms. The van der Waals surface area contributed by atoms with Gasteiger partial charge in [0, 0.05) is 49.1 Å². The Labute approximate surface area is 258 Å². The van der Waals surface area contributed by atoms with E-state index in [-0.39, 0.29) is 24.0 Å². The van der Waals surface area contributed by atoms with Crippen LogP contribution < -0.4 is 15.8 Å². The number of nitrogens with two attached hydrogens (primary N) is 1. The second kappa shape index (κ2) is 9.97. The molecule has 2 amide bonds. The average molecular weight is 618 g/mol. The molecule has 4 aromatic rings. The molecule has 2 saturated heterocycles. The maximum Gasteiger partial charge on any atom is 0.260 e. The van der Waals surface area contributed by atoms with Gasteiger partial charge in [0.25, 0.3) is 11.8 Å². The van der Waals surface area contributed by atoms with Crippen molar-refractivity contribution in [1.82, 2.24) is 29.3 Å². The zero-order valence-electron chi connectivity index (χ0n) is 25.6. The molecule has 1 aromatic carbocycles. The van der Waals surface area contributed by atoms with Crippen molar-refractivity contribution in [2.75, 3.05) is 7.11 Å². The number of aromatic nitrogens is 4. The minimum atomic E-state index is -2.92. The molecule has 1 unspecified atom stereocenters. The van der Waals surface area contributed by atoms with Gasteiger partial charge in [0.1, 0.15) is 22.8 Å². The molecule has 4 fully saturated rings. The van der Waals surface area contributed by atoms with Crippen LogP contribution in [0.1, 0.15) is 67.5 Å². The van der Waals surface area contributed by atoms with Gasteiger partial charge >= 0.3 is 0 Å². The third-order valence-electron chi connectivity index (χ3n) is 10.3. The lowest BCUT2D eigenvalue weighted by Crippen LogP contribution is -2.40. The lowest BCUT2D eigenvalue weighted by molar-refractivity contribution is -0.125. The molecule has 3 aromatic heterocycles. The Morgan fingerprint density at radius 1 is 1.16 bits per heavy atom. The fourth-order valence-corrected chi connectivity index (χ4v) is 7.52. The van der Waals surface area contributed by atoms with Crippen molar-refractivity contribution in [2.45, 2.75) is 82.1 Å². The highest BCUT2D eigenvalue weighted by Gasteiger charge is 2.61. The number of alkyl halides is 2. The van der Waals surface area contributed by atoms with E-state index < -0.39 is 30.2 Å². The number of benzene rings is 1. The fourth-order valence-electron chi connectivity index (χ4n) is 7.52. The van der Waals surface area contributed by atoms with E-state index in [0.29, 0.717) is 34.3 Å². The number of pyridine rings is 1. The summed E-state index contributed by atoms with van der Waals surface area (Å²) < 4.78 is 36.9. The van der Waals surface area contributed by atoms with E-state index in [0.717, 1.165) is 60.9 Å². The molecule has 2 saturated carbocycles. The van der Waals surface area contributed by atoms with Crippen molar-refractivity contribution < 1.29 is 23.1 Å². The number of ether oxygens (including phenoxy) is 1. The van der Waals surface area contributed by atoms with E-state index in [2.05, 4.69) is 16.0 Å². The minimum absolute atomic E-state index is 0.0181. The average Bonchev–Trinajstić information content (AvgIpc) is 3.75. The molecule has 3 N–H and O–H groups in total. The largest absolute Gasteiger partial charge is 0.494 e. The number of carbonyl (C=O) groups excluding carboxylic acids is 2. The van der Waals surface area contributed by atoms with Crippen LogP contribution in [0.15, 0.2) is 30.3 Å². The van der Waals surface area contributed by atoms with Crippen molar-refractivity contribution in [2.24, 2.45) is 24.6 Å². The zero-order chi connectivity index (χ0) is 31.4. The molecular formula is C33H37F2N7O3. The monoisotopic (exact) mass is 617 g/mol. The quantitative estimate of drug-likeness (QED) is 0.300. The first-order chi connectivity index (χ1) is 21.5. The molecule has 5 heterocycles. The number of hydrogen-bond acceptors (Lipinski definition) is 6. The Balaban J connectivity index is 1.17. The van der Waals surface area contributed by atoms with Crippen LogP contribution in [0.2, 0.25) is 0 Å². The molecule has 5 atom stereocenters. The highest BCUT2D eigenvalue weighted by molar-refractivity contribution is 6.00. The number of aryl methyl sites for hydroxylation is 1. The number of amides is 2. The number of halogens is 2. The molecule has 0 radical (unpaired) electrons. The van der Waals surface area contributed by atoms with Crippen molar-refractivity contribution >= 4 is 33.9 Å². The molecule has 2 aliphatic carbocycles. The number of rotatable bonds is 8. The Morgan fingerprint density at radius 2 is 1.93 bits per heavy atom. The Kier molecular flexibility index (Phi) is 6.30. The Hall–Kier alpha value is -4.06. The van der Waals surface area contributed by atoms with Gasteiger partial charge in [-0.05, 0) is 75.3 Å². The number of hydrogen-bond donors (Lipinski definition) is 2. The molecule has 10 nitrogen and oxygen atoms in total. The fraction of sp³-hybridized carbons (Fsp3) is 0.515. The number of imidazole rings is 1. The summed E-state index contributed by atoms with van der Waals surface area (Å²) >= 11 is 0. The predicted octanol–water partition coefficient (Wildman–Crippen LogP) is 4.55. The summed E-state index contributed by atoms with van der Waals surface area (Å²) in [5, 5.41) is 3.63. The zero-order valence-corrected chi connectivity index (χ0v) is 25.6. The SMILES string of the molecule is COc1cc(C(=O)N2[C@H]3CC[C@@H]2[C@H](N)C3)cc2nc(-c3cc4ccc([C@@H](C)NC(=O)C5CC5(F)F)nc4n3CC3CC3)n(C)c12. The highest BCUT2D eigenvalue weighted by atomic mass is 19.3. The maximum atomic E-state index is 13.8. The smallest absolute Gasteiger partial charge is 0.260 e. The van der Waals surface area contributed by atoms with Crippen LogP contribution in [0.4, 0.5) is 8.78 Å². The molecule has 8 rings (SSSR count). The number of carbonyl (C=O) groups is 2. The van der Waals surface area contributed by atoms with Gasteiger partial charge in [-0.25, -0.2) is 18.7 Å². The van der Waals surface area contributed by atoms with Gasteiger partial charge in [0.15, 0.2) is 5.82 Å². The van der Waals surface area contributed by atoms with Crippen LogP contribution in [0.25, 0.3) is 33.6 Å². The number of fused-ring (bicyclic) bond motifs is 4. The Bertz CT molecular complexity index is 1880. The van der Waals surface area contributed by atoms with Gasteiger partial charge in [-0.3, -0.25) is 9.59 Å². The maximum absolute atomic E-state index is 13.8. The van der Waals surface area contributed by atoms with Gasteiger partial charge < -0.3 is 29.8 Å². The van der Waals surface area contributed by atoms with Crippen molar-refractivity contribution in [3.63, 3.8) is 0 Å². The first kappa shape index (κ1) is 28.4. The summed E-state index contributed by atoms with van der Waals surface area (Å²) in [6, 6.07) is 9.25. The molecule has 236 valence electrons. The Morgan fingerprint density at radius 3 is 2.58 bits per heavy atom. The van der Waals surface area contributed by atoms with Crippen molar-refractivity contribution in [3.05, 3.63) is 41.6 Å². The number of methoxy groups -OCH3 is 1. The van der Waals surface area contributed by atoms with E-state index in [9.17, 15) is 18.4 Å². The summed E-state index contributed by atoms with van der Waals surface area (Å²) in [6.07, 6.45) is 4.62. The lowest BCUT2D eigenvalue weighted by atomic mass is 9.97. The summed E-state index contributed by atoms with van der Waals surface area (Å²) in [7, 11) is 3.54. The highest BCUT2D eigenvalue weighted by Crippen LogP contribution is 2.49. The van der Waals surface area contributed by atoms with E-state index >= 15 is 0 Å². The molecule has 45 heavy (non-hydrogen) atoms.